The first-order valence-corrected chi connectivity index (χ1v) is 4.61. The lowest BCUT2D eigenvalue weighted by atomic mass is 10.3. The Labute approximate surface area is 89.6 Å². The highest BCUT2D eigenvalue weighted by molar-refractivity contribution is 9.10. The normalized spacial score (nSPS) is 9.57. The van der Waals surface area contributed by atoms with E-state index in [1.165, 1.54) is 0 Å². The van der Waals surface area contributed by atoms with Gasteiger partial charge in [0.1, 0.15) is 11.5 Å². The van der Waals surface area contributed by atoms with Gasteiger partial charge in [0.15, 0.2) is 6.61 Å². The highest BCUT2D eigenvalue weighted by Gasteiger charge is 2.03. The fourth-order valence-electron chi connectivity index (χ4n) is 0.882. The first-order chi connectivity index (χ1) is 6.63. The maximum atomic E-state index is 10.2. The summed E-state index contributed by atoms with van der Waals surface area (Å²) in [5, 5.41) is 8.38. The van der Waals surface area contributed by atoms with Crippen molar-refractivity contribution >= 4 is 21.9 Å². The molecule has 0 saturated heterocycles. The van der Waals surface area contributed by atoms with Gasteiger partial charge in [-0.25, -0.2) is 4.79 Å². The third kappa shape index (κ3) is 2.92. The standard InChI is InChI=1S/C9H9BrO4/c1-13-8-3-2-6(4-7(8)10)14-5-9(11)12/h2-4H,5H2,1H3,(H,11,12). The lowest BCUT2D eigenvalue weighted by molar-refractivity contribution is -0.139. The number of aliphatic carboxylic acids is 1. The average Bonchev–Trinajstić information content (AvgIpc) is 2.15. The molecule has 0 atom stereocenters. The Balaban J connectivity index is 2.71. The van der Waals surface area contributed by atoms with Crippen molar-refractivity contribution in [3.8, 4) is 11.5 Å². The SMILES string of the molecule is COc1ccc(OCC(=O)O)cc1Br. The van der Waals surface area contributed by atoms with Crippen molar-refractivity contribution in [2.75, 3.05) is 13.7 Å². The van der Waals surface area contributed by atoms with Crippen molar-refractivity contribution < 1.29 is 19.4 Å². The van der Waals surface area contributed by atoms with E-state index in [-0.39, 0.29) is 6.61 Å². The number of ether oxygens (including phenoxy) is 2. The molecule has 0 radical (unpaired) electrons. The second-order valence-corrected chi connectivity index (χ2v) is 3.33. The minimum Gasteiger partial charge on any atom is -0.496 e. The van der Waals surface area contributed by atoms with E-state index < -0.39 is 5.97 Å². The summed E-state index contributed by atoms with van der Waals surface area (Å²) in [4.78, 5) is 10.2. The zero-order valence-corrected chi connectivity index (χ0v) is 9.08. The predicted octanol–water partition coefficient (Wildman–Crippen LogP) is 1.92. The van der Waals surface area contributed by atoms with Crippen LogP contribution in [0.1, 0.15) is 0 Å². The van der Waals surface area contributed by atoms with Gasteiger partial charge in [-0.05, 0) is 34.1 Å². The molecule has 0 unspecified atom stereocenters. The van der Waals surface area contributed by atoms with Crippen LogP contribution < -0.4 is 9.47 Å². The van der Waals surface area contributed by atoms with Crippen molar-refractivity contribution in [3.63, 3.8) is 0 Å². The van der Waals surface area contributed by atoms with Crippen LogP contribution in [0.5, 0.6) is 11.5 Å². The molecule has 0 bridgehead atoms. The number of hydrogen-bond donors (Lipinski definition) is 1. The van der Waals surface area contributed by atoms with Gasteiger partial charge in [0.25, 0.3) is 0 Å². The highest BCUT2D eigenvalue weighted by Crippen LogP contribution is 2.28. The number of benzene rings is 1. The Morgan fingerprint density at radius 3 is 2.79 bits per heavy atom. The summed E-state index contributed by atoms with van der Waals surface area (Å²) >= 11 is 3.26. The molecule has 1 rings (SSSR count). The van der Waals surface area contributed by atoms with Crippen LogP contribution in [0.2, 0.25) is 0 Å². The highest BCUT2D eigenvalue weighted by atomic mass is 79.9. The molecule has 1 N–H and O–H groups in total. The van der Waals surface area contributed by atoms with Crippen molar-refractivity contribution in [2.24, 2.45) is 0 Å². The van der Waals surface area contributed by atoms with Gasteiger partial charge in [0.2, 0.25) is 0 Å². The first kappa shape index (κ1) is 10.8. The van der Waals surface area contributed by atoms with E-state index in [0.717, 1.165) is 4.47 Å². The zero-order chi connectivity index (χ0) is 10.6. The van der Waals surface area contributed by atoms with Crippen LogP contribution in [0.4, 0.5) is 0 Å². The smallest absolute Gasteiger partial charge is 0.341 e. The van der Waals surface area contributed by atoms with Crippen LogP contribution in [0.25, 0.3) is 0 Å². The molecule has 14 heavy (non-hydrogen) atoms. The largest absolute Gasteiger partial charge is 0.496 e. The lowest BCUT2D eigenvalue weighted by Crippen LogP contribution is -2.09. The molecule has 76 valence electrons. The molecule has 0 aromatic heterocycles. The molecule has 0 saturated carbocycles. The first-order valence-electron chi connectivity index (χ1n) is 3.81. The van der Waals surface area contributed by atoms with Gasteiger partial charge in [-0.3, -0.25) is 0 Å². The summed E-state index contributed by atoms with van der Waals surface area (Å²) in [6, 6.07) is 5.00. The van der Waals surface area contributed by atoms with E-state index >= 15 is 0 Å². The molecule has 0 aliphatic carbocycles. The Hall–Kier alpha value is -1.23. The number of carbonyl (C=O) groups is 1. The Morgan fingerprint density at radius 1 is 1.57 bits per heavy atom. The van der Waals surface area contributed by atoms with Crippen molar-refractivity contribution in [1.82, 2.24) is 0 Å². The van der Waals surface area contributed by atoms with E-state index in [0.29, 0.717) is 11.5 Å². The van der Waals surface area contributed by atoms with Gasteiger partial charge in [-0.15, -0.1) is 0 Å². The van der Waals surface area contributed by atoms with Crippen LogP contribution in [0, 0.1) is 0 Å². The van der Waals surface area contributed by atoms with Crippen LogP contribution >= 0.6 is 15.9 Å². The number of halogens is 1. The van der Waals surface area contributed by atoms with Crippen LogP contribution in [-0.2, 0) is 4.79 Å². The van der Waals surface area contributed by atoms with Gasteiger partial charge in [-0.1, -0.05) is 0 Å². The summed E-state index contributed by atoms with van der Waals surface area (Å²) in [7, 11) is 1.55. The van der Waals surface area contributed by atoms with E-state index in [4.69, 9.17) is 14.6 Å². The number of hydrogen-bond acceptors (Lipinski definition) is 3. The summed E-state index contributed by atoms with van der Waals surface area (Å²) in [5.74, 6) is 0.157. The summed E-state index contributed by atoms with van der Waals surface area (Å²) in [6.07, 6.45) is 0. The fraction of sp³-hybridized carbons (Fsp3) is 0.222. The molecule has 5 heteroatoms. The van der Waals surface area contributed by atoms with Crippen molar-refractivity contribution in [3.05, 3.63) is 22.7 Å². The number of carboxylic acids is 1. The van der Waals surface area contributed by atoms with Gasteiger partial charge >= 0.3 is 5.97 Å². The Morgan fingerprint density at radius 2 is 2.29 bits per heavy atom. The topological polar surface area (TPSA) is 55.8 Å². The van der Waals surface area contributed by atoms with E-state index in [2.05, 4.69) is 15.9 Å². The third-order valence-corrected chi connectivity index (χ3v) is 2.11. The van der Waals surface area contributed by atoms with Crippen LogP contribution in [0.3, 0.4) is 0 Å². The van der Waals surface area contributed by atoms with Crippen molar-refractivity contribution in [1.29, 1.82) is 0 Å². The minimum absolute atomic E-state index is 0.348. The van der Waals surface area contributed by atoms with Gasteiger partial charge in [0.05, 0.1) is 11.6 Å². The predicted molar refractivity (Wildman–Crippen MR) is 53.8 cm³/mol. The Bertz CT molecular complexity index is 338. The molecule has 4 nitrogen and oxygen atoms in total. The molecule has 0 aliphatic rings. The third-order valence-electron chi connectivity index (χ3n) is 1.49. The average molecular weight is 261 g/mol. The fourth-order valence-corrected chi connectivity index (χ4v) is 1.40. The van der Waals surface area contributed by atoms with Crippen LogP contribution in [-0.4, -0.2) is 24.8 Å². The molecule has 0 heterocycles. The summed E-state index contributed by atoms with van der Waals surface area (Å²) in [5.41, 5.74) is 0. The molecule has 0 spiro atoms. The molecule has 0 aliphatic heterocycles. The van der Waals surface area contributed by atoms with E-state index in [9.17, 15) is 4.79 Å². The quantitative estimate of drug-likeness (QED) is 0.899. The summed E-state index contributed by atoms with van der Waals surface area (Å²) in [6.45, 7) is -0.348. The maximum Gasteiger partial charge on any atom is 0.341 e. The van der Waals surface area contributed by atoms with Gasteiger partial charge < -0.3 is 14.6 Å². The van der Waals surface area contributed by atoms with Crippen molar-refractivity contribution in [2.45, 2.75) is 0 Å². The second kappa shape index (κ2) is 4.85. The van der Waals surface area contributed by atoms with E-state index in [1.807, 2.05) is 0 Å². The second-order valence-electron chi connectivity index (χ2n) is 2.48. The number of methoxy groups -OCH3 is 1. The zero-order valence-electron chi connectivity index (χ0n) is 7.49. The molecule has 1 aromatic rings. The van der Waals surface area contributed by atoms with Crippen LogP contribution in [0.15, 0.2) is 22.7 Å². The molecular weight excluding hydrogens is 252 g/mol. The number of rotatable bonds is 4. The molecule has 0 amide bonds. The molecule has 0 fully saturated rings. The monoisotopic (exact) mass is 260 g/mol. The van der Waals surface area contributed by atoms with Gasteiger partial charge in [0, 0.05) is 0 Å². The van der Waals surface area contributed by atoms with E-state index in [1.54, 1.807) is 25.3 Å². The Kier molecular flexibility index (Phi) is 3.76. The molecule has 1 aromatic carbocycles. The van der Waals surface area contributed by atoms with Gasteiger partial charge in [-0.2, -0.15) is 0 Å². The lowest BCUT2D eigenvalue weighted by Gasteiger charge is -2.06. The number of carboxylic acid groups (broad SMARTS) is 1. The molecular formula is C9H9BrO4. The minimum atomic E-state index is -1.00. The maximum absolute atomic E-state index is 10.2. The summed E-state index contributed by atoms with van der Waals surface area (Å²) < 4.78 is 10.7.